The molecular weight excluding hydrogens is 336 g/mol. The summed E-state index contributed by atoms with van der Waals surface area (Å²) in [6.07, 6.45) is 5.40. The van der Waals surface area contributed by atoms with Gasteiger partial charge in [-0.05, 0) is 42.7 Å². The molecule has 0 bridgehead atoms. The SMILES string of the molecule is O=C(c1ccc(COc2ccccc2)cc1)N1CCN(C2CCCC2)CC1. The quantitative estimate of drug-likeness (QED) is 0.805. The van der Waals surface area contributed by atoms with Crippen LogP contribution in [0, 0.1) is 0 Å². The number of carbonyl (C=O) groups is 1. The Morgan fingerprint density at radius 3 is 2.22 bits per heavy atom. The number of ether oxygens (including phenoxy) is 1. The van der Waals surface area contributed by atoms with Gasteiger partial charge in [-0.1, -0.05) is 43.2 Å². The second-order valence-electron chi connectivity index (χ2n) is 7.57. The van der Waals surface area contributed by atoms with Crippen LogP contribution in [0.15, 0.2) is 54.6 Å². The second kappa shape index (κ2) is 8.57. The lowest BCUT2D eigenvalue weighted by Crippen LogP contribution is -2.51. The van der Waals surface area contributed by atoms with Crippen LogP contribution in [0.1, 0.15) is 41.6 Å². The molecule has 4 nitrogen and oxygen atoms in total. The highest BCUT2D eigenvalue weighted by Gasteiger charge is 2.28. The number of hydrogen-bond acceptors (Lipinski definition) is 3. The standard InChI is InChI=1S/C23H28N2O2/c26-23(25-16-14-24(15-17-25)21-6-4-5-7-21)20-12-10-19(11-13-20)18-27-22-8-2-1-3-9-22/h1-3,8-13,21H,4-7,14-18H2. The monoisotopic (exact) mass is 364 g/mol. The number of carbonyl (C=O) groups excluding carboxylic acids is 1. The third-order valence-corrected chi connectivity index (χ3v) is 5.79. The average molecular weight is 364 g/mol. The molecule has 27 heavy (non-hydrogen) atoms. The van der Waals surface area contributed by atoms with E-state index in [-0.39, 0.29) is 5.91 Å². The van der Waals surface area contributed by atoms with Gasteiger partial charge in [-0.2, -0.15) is 0 Å². The fourth-order valence-corrected chi connectivity index (χ4v) is 4.17. The molecule has 1 aliphatic carbocycles. The van der Waals surface area contributed by atoms with E-state index in [1.165, 1.54) is 25.7 Å². The normalized spacial score (nSPS) is 18.6. The van der Waals surface area contributed by atoms with Crippen molar-refractivity contribution in [2.75, 3.05) is 26.2 Å². The Morgan fingerprint density at radius 2 is 1.56 bits per heavy atom. The van der Waals surface area contributed by atoms with E-state index in [9.17, 15) is 4.79 Å². The van der Waals surface area contributed by atoms with Crippen molar-refractivity contribution in [1.82, 2.24) is 9.80 Å². The van der Waals surface area contributed by atoms with E-state index >= 15 is 0 Å². The zero-order valence-electron chi connectivity index (χ0n) is 15.8. The topological polar surface area (TPSA) is 32.8 Å². The molecule has 0 atom stereocenters. The lowest BCUT2D eigenvalue weighted by atomic mass is 10.1. The minimum atomic E-state index is 0.150. The third kappa shape index (κ3) is 4.51. The van der Waals surface area contributed by atoms with E-state index in [0.29, 0.717) is 6.61 Å². The first-order valence-electron chi connectivity index (χ1n) is 10.1. The first kappa shape index (κ1) is 18.1. The van der Waals surface area contributed by atoms with Gasteiger partial charge in [-0.25, -0.2) is 0 Å². The van der Waals surface area contributed by atoms with Crippen molar-refractivity contribution in [2.24, 2.45) is 0 Å². The number of nitrogens with zero attached hydrogens (tertiary/aromatic N) is 2. The van der Waals surface area contributed by atoms with Gasteiger partial charge in [0.15, 0.2) is 0 Å². The van der Waals surface area contributed by atoms with Gasteiger partial charge in [0.1, 0.15) is 12.4 Å². The molecule has 0 radical (unpaired) electrons. The van der Waals surface area contributed by atoms with Crippen molar-refractivity contribution in [2.45, 2.75) is 38.3 Å². The van der Waals surface area contributed by atoms with Gasteiger partial charge in [-0.3, -0.25) is 9.69 Å². The summed E-state index contributed by atoms with van der Waals surface area (Å²) in [5, 5.41) is 0. The second-order valence-corrected chi connectivity index (χ2v) is 7.57. The highest BCUT2D eigenvalue weighted by atomic mass is 16.5. The van der Waals surface area contributed by atoms with Gasteiger partial charge in [0.2, 0.25) is 0 Å². The third-order valence-electron chi connectivity index (χ3n) is 5.79. The molecular formula is C23H28N2O2. The molecule has 1 aliphatic heterocycles. The lowest BCUT2D eigenvalue weighted by molar-refractivity contribution is 0.0573. The smallest absolute Gasteiger partial charge is 0.253 e. The highest BCUT2D eigenvalue weighted by Crippen LogP contribution is 2.24. The van der Waals surface area contributed by atoms with E-state index in [2.05, 4.69) is 4.90 Å². The van der Waals surface area contributed by atoms with Crippen molar-refractivity contribution < 1.29 is 9.53 Å². The van der Waals surface area contributed by atoms with Gasteiger partial charge in [0.25, 0.3) is 5.91 Å². The largest absolute Gasteiger partial charge is 0.489 e. The number of rotatable bonds is 5. The summed E-state index contributed by atoms with van der Waals surface area (Å²) < 4.78 is 5.77. The maximum absolute atomic E-state index is 12.8. The maximum atomic E-state index is 12.8. The molecule has 4 heteroatoms. The predicted octanol–water partition coefficient (Wildman–Crippen LogP) is 3.97. The van der Waals surface area contributed by atoms with Crippen molar-refractivity contribution in [3.05, 3.63) is 65.7 Å². The average Bonchev–Trinajstić information content (AvgIpc) is 3.28. The molecule has 142 valence electrons. The molecule has 2 fully saturated rings. The first-order chi connectivity index (χ1) is 13.3. The molecule has 0 unspecified atom stereocenters. The number of piperazine rings is 1. The van der Waals surface area contributed by atoms with Crippen LogP contribution in [-0.2, 0) is 6.61 Å². The molecule has 0 N–H and O–H groups in total. The Balaban J connectivity index is 1.29. The Morgan fingerprint density at radius 1 is 0.889 bits per heavy atom. The number of para-hydroxylation sites is 1. The minimum absolute atomic E-state index is 0.150. The summed E-state index contributed by atoms with van der Waals surface area (Å²) in [4.78, 5) is 17.4. The Bertz CT molecular complexity index is 731. The van der Waals surface area contributed by atoms with Crippen LogP contribution >= 0.6 is 0 Å². The zero-order chi connectivity index (χ0) is 18.5. The van der Waals surface area contributed by atoms with Gasteiger partial charge in [0, 0.05) is 37.8 Å². The van der Waals surface area contributed by atoms with Crippen molar-refractivity contribution in [3.8, 4) is 5.75 Å². The molecule has 0 spiro atoms. The molecule has 1 saturated carbocycles. The highest BCUT2D eigenvalue weighted by molar-refractivity contribution is 5.94. The molecule has 2 aromatic rings. The van der Waals surface area contributed by atoms with Gasteiger partial charge in [0.05, 0.1) is 0 Å². The van der Waals surface area contributed by atoms with E-state index < -0.39 is 0 Å². The van der Waals surface area contributed by atoms with E-state index in [1.807, 2.05) is 59.5 Å². The summed E-state index contributed by atoms with van der Waals surface area (Å²) in [6, 6.07) is 18.4. The summed E-state index contributed by atoms with van der Waals surface area (Å²) in [5.74, 6) is 1.01. The van der Waals surface area contributed by atoms with Gasteiger partial charge in [-0.15, -0.1) is 0 Å². The molecule has 1 saturated heterocycles. The van der Waals surface area contributed by atoms with Gasteiger partial charge < -0.3 is 9.64 Å². The molecule has 1 heterocycles. The summed E-state index contributed by atoms with van der Waals surface area (Å²) in [7, 11) is 0. The van der Waals surface area contributed by atoms with Crippen LogP contribution in [0.4, 0.5) is 0 Å². The predicted molar refractivity (Wildman–Crippen MR) is 107 cm³/mol. The number of amides is 1. The van der Waals surface area contributed by atoms with E-state index in [1.54, 1.807) is 0 Å². The minimum Gasteiger partial charge on any atom is -0.489 e. The molecule has 2 aromatic carbocycles. The van der Waals surface area contributed by atoms with Crippen LogP contribution < -0.4 is 4.74 Å². The van der Waals surface area contributed by atoms with Crippen molar-refractivity contribution in [3.63, 3.8) is 0 Å². The van der Waals surface area contributed by atoms with Crippen molar-refractivity contribution in [1.29, 1.82) is 0 Å². The maximum Gasteiger partial charge on any atom is 0.253 e. The summed E-state index contributed by atoms with van der Waals surface area (Å²) in [6.45, 7) is 4.22. The summed E-state index contributed by atoms with van der Waals surface area (Å²) >= 11 is 0. The molecule has 0 aromatic heterocycles. The Labute approximate surface area is 161 Å². The van der Waals surface area contributed by atoms with Crippen LogP contribution in [0.2, 0.25) is 0 Å². The van der Waals surface area contributed by atoms with Gasteiger partial charge >= 0.3 is 0 Å². The molecule has 4 rings (SSSR count). The molecule has 2 aliphatic rings. The number of benzene rings is 2. The Kier molecular flexibility index (Phi) is 5.73. The fourth-order valence-electron chi connectivity index (χ4n) is 4.17. The first-order valence-corrected chi connectivity index (χ1v) is 10.1. The van der Waals surface area contributed by atoms with Crippen LogP contribution in [0.3, 0.4) is 0 Å². The van der Waals surface area contributed by atoms with E-state index in [0.717, 1.165) is 49.1 Å². The lowest BCUT2D eigenvalue weighted by Gasteiger charge is -2.38. The Hall–Kier alpha value is -2.33. The van der Waals surface area contributed by atoms with E-state index in [4.69, 9.17) is 4.74 Å². The van der Waals surface area contributed by atoms with Crippen LogP contribution in [-0.4, -0.2) is 47.9 Å². The van der Waals surface area contributed by atoms with Crippen LogP contribution in [0.5, 0.6) is 5.75 Å². The number of hydrogen-bond donors (Lipinski definition) is 0. The van der Waals surface area contributed by atoms with Crippen LogP contribution in [0.25, 0.3) is 0 Å². The zero-order valence-corrected chi connectivity index (χ0v) is 15.8. The molecule has 1 amide bonds. The fraction of sp³-hybridized carbons (Fsp3) is 0.435. The summed E-state index contributed by atoms with van der Waals surface area (Å²) in [5.41, 5.74) is 1.84. The van der Waals surface area contributed by atoms with Crippen molar-refractivity contribution >= 4 is 5.91 Å².